The summed E-state index contributed by atoms with van der Waals surface area (Å²) < 4.78 is 29.3. The molecule has 5 nitrogen and oxygen atoms in total. The molecule has 1 aromatic heterocycles. The van der Waals surface area contributed by atoms with Crippen LogP contribution in [0.1, 0.15) is 16.9 Å². The molecule has 1 aliphatic heterocycles. The van der Waals surface area contributed by atoms with Gasteiger partial charge in [-0.05, 0) is 42.5 Å². The third-order valence-corrected chi connectivity index (χ3v) is 6.84. The van der Waals surface area contributed by atoms with Gasteiger partial charge >= 0.3 is 0 Å². The number of sulfone groups is 1. The number of rotatable bonds is 6. The zero-order valence-corrected chi connectivity index (χ0v) is 15.7. The van der Waals surface area contributed by atoms with Crippen molar-refractivity contribution in [1.82, 2.24) is 4.90 Å². The number of thiophene rings is 1. The quantitative estimate of drug-likeness (QED) is 0.774. The SMILES string of the molecule is Cc1cccc(OCC(=O)N(Cc2cccs2)[C@@H]2CCS(=O)(=O)C2)c1. The first-order valence-electron chi connectivity index (χ1n) is 8.15. The molecule has 1 aromatic carbocycles. The minimum Gasteiger partial charge on any atom is -0.484 e. The molecule has 2 aromatic rings. The standard InChI is InChI=1S/C18H21NO4S2/c1-14-4-2-5-16(10-14)23-12-18(20)19(11-17-6-3-8-24-17)15-7-9-25(21,22)13-15/h2-6,8,10,15H,7,9,11-13H2,1H3/t15-/m1/s1. The van der Waals surface area contributed by atoms with Crippen LogP contribution in [0.4, 0.5) is 0 Å². The van der Waals surface area contributed by atoms with E-state index in [1.807, 2.05) is 48.7 Å². The first kappa shape index (κ1) is 17.9. The molecule has 0 bridgehead atoms. The molecule has 0 saturated carbocycles. The molecule has 134 valence electrons. The maximum absolute atomic E-state index is 12.7. The highest BCUT2D eigenvalue weighted by Gasteiger charge is 2.34. The number of benzene rings is 1. The number of hydrogen-bond acceptors (Lipinski definition) is 5. The number of hydrogen-bond donors (Lipinski definition) is 0. The fraction of sp³-hybridized carbons (Fsp3) is 0.389. The Morgan fingerprint density at radius 1 is 1.32 bits per heavy atom. The molecule has 1 atom stereocenters. The molecule has 1 saturated heterocycles. The molecule has 1 aliphatic rings. The largest absolute Gasteiger partial charge is 0.484 e. The highest BCUT2D eigenvalue weighted by atomic mass is 32.2. The molecule has 0 unspecified atom stereocenters. The molecule has 2 heterocycles. The Morgan fingerprint density at radius 2 is 2.16 bits per heavy atom. The molecular formula is C18H21NO4S2. The van der Waals surface area contributed by atoms with Crippen LogP contribution in [0.25, 0.3) is 0 Å². The molecule has 25 heavy (non-hydrogen) atoms. The van der Waals surface area contributed by atoms with Gasteiger partial charge in [-0.15, -0.1) is 11.3 Å². The van der Waals surface area contributed by atoms with Crippen molar-refractivity contribution in [2.24, 2.45) is 0 Å². The van der Waals surface area contributed by atoms with Crippen LogP contribution in [0.5, 0.6) is 5.75 Å². The summed E-state index contributed by atoms with van der Waals surface area (Å²) in [7, 11) is -3.06. The van der Waals surface area contributed by atoms with Gasteiger partial charge in [0.05, 0.1) is 18.1 Å². The van der Waals surface area contributed by atoms with Gasteiger partial charge in [-0.25, -0.2) is 8.42 Å². The van der Waals surface area contributed by atoms with Crippen molar-refractivity contribution >= 4 is 27.1 Å². The van der Waals surface area contributed by atoms with Crippen molar-refractivity contribution in [3.05, 3.63) is 52.2 Å². The summed E-state index contributed by atoms with van der Waals surface area (Å²) in [6, 6.07) is 11.1. The summed E-state index contributed by atoms with van der Waals surface area (Å²) >= 11 is 1.56. The second-order valence-electron chi connectivity index (χ2n) is 6.26. The highest BCUT2D eigenvalue weighted by molar-refractivity contribution is 7.91. The smallest absolute Gasteiger partial charge is 0.261 e. The van der Waals surface area contributed by atoms with E-state index in [0.717, 1.165) is 10.4 Å². The lowest BCUT2D eigenvalue weighted by Crippen LogP contribution is -2.42. The van der Waals surface area contributed by atoms with E-state index >= 15 is 0 Å². The molecular weight excluding hydrogens is 358 g/mol. The third-order valence-electron chi connectivity index (χ3n) is 4.23. The number of ether oxygens (including phenoxy) is 1. The lowest BCUT2D eigenvalue weighted by atomic mass is 10.2. The van der Waals surface area contributed by atoms with E-state index in [2.05, 4.69) is 0 Å². The second-order valence-corrected chi connectivity index (χ2v) is 9.52. The predicted octanol–water partition coefficient (Wildman–Crippen LogP) is 2.65. The van der Waals surface area contributed by atoms with Crippen molar-refractivity contribution in [3.63, 3.8) is 0 Å². The molecule has 0 spiro atoms. The second kappa shape index (κ2) is 7.58. The first-order chi connectivity index (χ1) is 11.9. The third kappa shape index (κ3) is 4.83. The Bertz CT molecular complexity index is 831. The average molecular weight is 380 g/mol. The number of carbonyl (C=O) groups excluding carboxylic acids is 1. The Morgan fingerprint density at radius 3 is 2.80 bits per heavy atom. The maximum Gasteiger partial charge on any atom is 0.261 e. The van der Waals surface area contributed by atoms with Gasteiger partial charge in [0.2, 0.25) is 0 Å². The monoisotopic (exact) mass is 379 g/mol. The van der Waals surface area contributed by atoms with E-state index in [1.165, 1.54) is 0 Å². The van der Waals surface area contributed by atoms with Crippen LogP contribution in [0.15, 0.2) is 41.8 Å². The van der Waals surface area contributed by atoms with E-state index in [4.69, 9.17) is 4.74 Å². The van der Waals surface area contributed by atoms with E-state index in [-0.39, 0.29) is 30.1 Å². The zero-order chi connectivity index (χ0) is 17.9. The molecule has 0 radical (unpaired) electrons. The van der Waals surface area contributed by atoms with Gasteiger partial charge in [0.25, 0.3) is 5.91 Å². The van der Waals surface area contributed by atoms with Crippen LogP contribution >= 0.6 is 11.3 Å². The molecule has 1 fully saturated rings. The lowest BCUT2D eigenvalue weighted by molar-refractivity contribution is -0.135. The number of aryl methyl sites for hydroxylation is 1. The molecule has 0 N–H and O–H groups in total. The van der Waals surface area contributed by atoms with Gasteiger partial charge in [0.1, 0.15) is 5.75 Å². The molecule has 1 amide bonds. The topological polar surface area (TPSA) is 63.7 Å². The Hall–Kier alpha value is -1.86. The fourth-order valence-electron chi connectivity index (χ4n) is 2.95. The van der Waals surface area contributed by atoms with Gasteiger partial charge < -0.3 is 9.64 Å². The van der Waals surface area contributed by atoms with Crippen molar-refractivity contribution in [2.45, 2.75) is 25.9 Å². The van der Waals surface area contributed by atoms with Crippen LogP contribution in [-0.2, 0) is 21.2 Å². The van der Waals surface area contributed by atoms with E-state index < -0.39 is 9.84 Å². The van der Waals surface area contributed by atoms with Crippen LogP contribution in [-0.4, -0.2) is 43.4 Å². The Balaban J connectivity index is 1.70. The van der Waals surface area contributed by atoms with Crippen molar-refractivity contribution < 1.29 is 17.9 Å². The lowest BCUT2D eigenvalue weighted by Gasteiger charge is -2.28. The van der Waals surface area contributed by atoms with Crippen molar-refractivity contribution in [1.29, 1.82) is 0 Å². The summed E-state index contributed by atoms with van der Waals surface area (Å²) in [5.74, 6) is 0.639. The van der Waals surface area contributed by atoms with Crippen molar-refractivity contribution in [3.8, 4) is 5.75 Å². The average Bonchev–Trinajstić information content (AvgIpc) is 3.19. The van der Waals surface area contributed by atoms with Gasteiger partial charge in [0, 0.05) is 10.9 Å². The van der Waals surface area contributed by atoms with E-state index in [9.17, 15) is 13.2 Å². The summed E-state index contributed by atoms with van der Waals surface area (Å²) in [4.78, 5) is 15.4. The highest BCUT2D eigenvalue weighted by Crippen LogP contribution is 2.22. The van der Waals surface area contributed by atoms with Crippen molar-refractivity contribution in [2.75, 3.05) is 18.1 Å². The van der Waals surface area contributed by atoms with Crippen LogP contribution < -0.4 is 4.74 Å². The Kier molecular flexibility index (Phi) is 5.44. The minimum absolute atomic E-state index is 0.0363. The molecule has 0 aliphatic carbocycles. The summed E-state index contributed by atoms with van der Waals surface area (Å²) in [5.41, 5.74) is 1.06. The van der Waals surface area contributed by atoms with E-state index in [0.29, 0.717) is 18.7 Å². The van der Waals surface area contributed by atoms with Gasteiger partial charge in [-0.3, -0.25) is 4.79 Å². The summed E-state index contributed by atoms with van der Waals surface area (Å²) in [6.45, 7) is 2.29. The zero-order valence-electron chi connectivity index (χ0n) is 14.1. The fourth-order valence-corrected chi connectivity index (χ4v) is 5.38. The predicted molar refractivity (Wildman–Crippen MR) is 98.6 cm³/mol. The Labute approximate surface area is 152 Å². The maximum atomic E-state index is 12.7. The van der Waals surface area contributed by atoms with Gasteiger partial charge in [-0.1, -0.05) is 18.2 Å². The molecule has 7 heteroatoms. The van der Waals surface area contributed by atoms with E-state index in [1.54, 1.807) is 16.2 Å². The minimum atomic E-state index is -3.06. The normalized spacial score (nSPS) is 18.8. The first-order valence-corrected chi connectivity index (χ1v) is 10.8. The number of amides is 1. The summed E-state index contributed by atoms with van der Waals surface area (Å²) in [5, 5.41) is 1.95. The van der Waals surface area contributed by atoms with Crippen LogP contribution in [0.2, 0.25) is 0 Å². The van der Waals surface area contributed by atoms with Crippen LogP contribution in [0, 0.1) is 6.92 Å². The van der Waals surface area contributed by atoms with Crippen LogP contribution in [0.3, 0.4) is 0 Å². The van der Waals surface area contributed by atoms with Gasteiger partial charge in [0.15, 0.2) is 16.4 Å². The number of carbonyl (C=O) groups is 1. The number of nitrogens with zero attached hydrogens (tertiary/aromatic N) is 1. The molecule has 3 rings (SSSR count). The van der Waals surface area contributed by atoms with Gasteiger partial charge in [-0.2, -0.15) is 0 Å². The summed E-state index contributed by atoms with van der Waals surface area (Å²) in [6.07, 6.45) is 0.490.